The molecule has 0 unspecified atom stereocenters. The summed E-state index contributed by atoms with van der Waals surface area (Å²) in [5, 5.41) is 0. The standard InChI is InChI=1S/C14H19NO3/c15-5-1-4-14(9-16-10-14)11-2-3-12-13(8-11)18-7-6-17-12/h2-3,8H,1,4-7,9-10,15H2. The predicted molar refractivity (Wildman–Crippen MR) is 68.2 cm³/mol. The molecule has 18 heavy (non-hydrogen) atoms. The van der Waals surface area contributed by atoms with Crippen LogP contribution in [-0.2, 0) is 10.2 Å². The van der Waals surface area contributed by atoms with Gasteiger partial charge in [0, 0.05) is 5.41 Å². The monoisotopic (exact) mass is 249 g/mol. The molecule has 0 aliphatic carbocycles. The minimum Gasteiger partial charge on any atom is -0.486 e. The van der Waals surface area contributed by atoms with E-state index in [9.17, 15) is 0 Å². The van der Waals surface area contributed by atoms with Crippen LogP contribution >= 0.6 is 0 Å². The zero-order valence-corrected chi connectivity index (χ0v) is 10.5. The fourth-order valence-electron chi connectivity index (χ4n) is 2.62. The molecule has 2 heterocycles. The molecule has 0 spiro atoms. The Labute approximate surface area is 107 Å². The van der Waals surface area contributed by atoms with Crippen LogP contribution in [0.4, 0.5) is 0 Å². The SMILES string of the molecule is NCCCC1(c2ccc3c(c2)OCCO3)COC1. The molecular formula is C14H19NO3. The second kappa shape index (κ2) is 4.78. The van der Waals surface area contributed by atoms with Gasteiger partial charge in [-0.3, -0.25) is 0 Å². The first-order chi connectivity index (χ1) is 8.84. The molecule has 2 aliphatic heterocycles. The van der Waals surface area contributed by atoms with Gasteiger partial charge in [-0.05, 0) is 37.1 Å². The highest BCUT2D eigenvalue weighted by atomic mass is 16.6. The van der Waals surface area contributed by atoms with E-state index in [2.05, 4.69) is 12.1 Å². The van der Waals surface area contributed by atoms with E-state index < -0.39 is 0 Å². The lowest BCUT2D eigenvalue weighted by Crippen LogP contribution is -2.47. The van der Waals surface area contributed by atoms with Gasteiger partial charge in [0.1, 0.15) is 13.2 Å². The number of nitrogens with two attached hydrogens (primary N) is 1. The second-order valence-electron chi connectivity index (χ2n) is 5.02. The molecule has 0 saturated carbocycles. The Morgan fingerprint density at radius 1 is 1.11 bits per heavy atom. The van der Waals surface area contributed by atoms with Crippen LogP contribution in [-0.4, -0.2) is 33.0 Å². The summed E-state index contributed by atoms with van der Waals surface area (Å²) in [6.45, 7) is 3.56. The Kier molecular flexibility index (Phi) is 3.14. The molecule has 1 fully saturated rings. The molecule has 0 amide bonds. The average molecular weight is 249 g/mol. The predicted octanol–water partition coefficient (Wildman–Crippen LogP) is 1.46. The van der Waals surface area contributed by atoms with Gasteiger partial charge in [-0.2, -0.15) is 0 Å². The van der Waals surface area contributed by atoms with Crippen LogP contribution in [0, 0.1) is 0 Å². The maximum Gasteiger partial charge on any atom is 0.161 e. The van der Waals surface area contributed by atoms with Crippen molar-refractivity contribution in [2.75, 3.05) is 33.0 Å². The maximum absolute atomic E-state index is 5.64. The third-order valence-electron chi connectivity index (χ3n) is 3.77. The average Bonchev–Trinajstić information content (AvgIpc) is 2.37. The minimum absolute atomic E-state index is 0.134. The van der Waals surface area contributed by atoms with Gasteiger partial charge in [0.15, 0.2) is 11.5 Å². The molecule has 0 radical (unpaired) electrons. The molecule has 1 aromatic carbocycles. The quantitative estimate of drug-likeness (QED) is 0.878. The molecule has 4 heteroatoms. The van der Waals surface area contributed by atoms with Crippen LogP contribution in [0.5, 0.6) is 11.5 Å². The molecule has 2 N–H and O–H groups in total. The van der Waals surface area contributed by atoms with Gasteiger partial charge >= 0.3 is 0 Å². The van der Waals surface area contributed by atoms with Crippen molar-refractivity contribution in [1.82, 2.24) is 0 Å². The number of benzene rings is 1. The number of fused-ring (bicyclic) bond motifs is 1. The van der Waals surface area contributed by atoms with Crippen molar-refractivity contribution in [1.29, 1.82) is 0 Å². The number of ether oxygens (including phenoxy) is 3. The Bertz CT molecular complexity index is 429. The molecule has 0 atom stereocenters. The lowest BCUT2D eigenvalue weighted by Gasteiger charge is -2.42. The van der Waals surface area contributed by atoms with Gasteiger partial charge in [-0.25, -0.2) is 0 Å². The van der Waals surface area contributed by atoms with Gasteiger partial charge in [0.2, 0.25) is 0 Å². The van der Waals surface area contributed by atoms with Crippen molar-refractivity contribution >= 4 is 0 Å². The summed E-state index contributed by atoms with van der Waals surface area (Å²) in [7, 11) is 0. The first-order valence-electron chi connectivity index (χ1n) is 6.52. The number of hydrogen-bond donors (Lipinski definition) is 1. The highest BCUT2D eigenvalue weighted by Gasteiger charge is 2.40. The van der Waals surface area contributed by atoms with Gasteiger partial charge in [0.05, 0.1) is 13.2 Å². The van der Waals surface area contributed by atoms with E-state index in [0.29, 0.717) is 13.2 Å². The first kappa shape index (κ1) is 11.8. The van der Waals surface area contributed by atoms with E-state index in [1.165, 1.54) is 5.56 Å². The van der Waals surface area contributed by atoms with Gasteiger partial charge < -0.3 is 19.9 Å². The van der Waals surface area contributed by atoms with E-state index in [1.54, 1.807) is 0 Å². The summed E-state index contributed by atoms with van der Waals surface area (Å²) in [4.78, 5) is 0. The summed E-state index contributed by atoms with van der Waals surface area (Å²) in [5.41, 5.74) is 7.04. The Hall–Kier alpha value is -1.26. The summed E-state index contributed by atoms with van der Waals surface area (Å²) in [6, 6.07) is 6.24. The molecule has 4 nitrogen and oxygen atoms in total. The smallest absolute Gasteiger partial charge is 0.161 e. The van der Waals surface area contributed by atoms with Gasteiger partial charge in [0.25, 0.3) is 0 Å². The van der Waals surface area contributed by atoms with Crippen molar-refractivity contribution in [2.24, 2.45) is 5.73 Å². The fraction of sp³-hybridized carbons (Fsp3) is 0.571. The molecule has 0 aromatic heterocycles. The third kappa shape index (κ3) is 1.95. The van der Waals surface area contributed by atoms with E-state index in [4.69, 9.17) is 19.9 Å². The first-order valence-corrected chi connectivity index (χ1v) is 6.52. The van der Waals surface area contributed by atoms with Gasteiger partial charge in [-0.15, -0.1) is 0 Å². The van der Waals surface area contributed by atoms with E-state index >= 15 is 0 Å². The zero-order chi connectivity index (χ0) is 12.4. The zero-order valence-electron chi connectivity index (χ0n) is 10.5. The molecule has 98 valence electrons. The van der Waals surface area contributed by atoms with E-state index in [-0.39, 0.29) is 5.41 Å². The summed E-state index contributed by atoms with van der Waals surface area (Å²) in [5.74, 6) is 1.71. The Balaban J connectivity index is 1.86. The van der Waals surface area contributed by atoms with Crippen LogP contribution in [0.25, 0.3) is 0 Å². The third-order valence-corrected chi connectivity index (χ3v) is 3.77. The number of hydrogen-bond acceptors (Lipinski definition) is 4. The van der Waals surface area contributed by atoms with Crippen LogP contribution < -0.4 is 15.2 Å². The summed E-state index contributed by atoms with van der Waals surface area (Å²) < 4.78 is 16.6. The summed E-state index contributed by atoms with van der Waals surface area (Å²) >= 11 is 0. The van der Waals surface area contributed by atoms with Crippen molar-refractivity contribution in [3.05, 3.63) is 23.8 Å². The van der Waals surface area contributed by atoms with E-state index in [1.807, 2.05) is 6.07 Å². The lowest BCUT2D eigenvalue weighted by molar-refractivity contribution is -0.0650. The number of rotatable bonds is 4. The van der Waals surface area contributed by atoms with Crippen LogP contribution in [0.1, 0.15) is 18.4 Å². The van der Waals surface area contributed by atoms with Crippen molar-refractivity contribution < 1.29 is 14.2 Å². The summed E-state index contributed by atoms with van der Waals surface area (Å²) in [6.07, 6.45) is 2.10. The van der Waals surface area contributed by atoms with Crippen LogP contribution in [0.2, 0.25) is 0 Å². The molecular weight excluding hydrogens is 230 g/mol. The van der Waals surface area contributed by atoms with Crippen LogP contribution in [0.15, 0.2) is 18.2 Å². The molecule has 2 aliphatic rings. The normalized spacial score (nSPS) is 20.3. The van der Waals surface area contributed by atoms with Crippen molar-refractivity contribution in [3.8, 4) is 11.5 Å². The fourth-order valence-corrected chi connectivity index (χ4v) is 2.62. The van der Waals surface area contributed by atoms with E-state index in [0.717, 1.165) is 44.1 Å². The molecule has 1 saturated heterocycles. The molecule has 3 rings (SSSR count). The highest BCUT2D eigenvalue weighted by Crippen LogP contribution is 2.41. The molecule has 0 bridgehead atoms. The van der Waals surface area contributed by atoms with Gasteiger partial charge in [-0.1, -0.05) is 6.07 Å². The second-order valence-corrected chi connectivity index (χ2v) is 5.02. The highest BCUT2D eigenvalue weighted by molar-refractivity contribution is 5.46. The topological polar surface area (TPSA) is 53.7 Å². The lowest BCUT2D eigenvalue weighted by atomic mass is 9.75. The molecule has 1 aromatic rings. The van der Waals surface area contributed by atoms with Crippen molar-refractivity contribution in [3.63, 3.8) is 0 Å². The Morgan fingerprint density at radius 3 is 2.56 bits per heavy atom. The minimum atomic E-state index is 0.134. The Morgan fingerprint density at radius 2 is 1.89 bits per heavy atom. The van der Waals surface area contributed by atoms with Crippen molar-refractivity contribution in [2.45, 2.75) is 18.3 Å². The van der Waals surface area contributed by atoms with Crippen LogP contribution in [0.3, 0.4) is 0 Å². The largest absolute Gasteiger partial charge is 0.486 e. The maximum atomic E-state index is 5.64.